The number of nitrogens with one attached hydrogen (secondary N) is 1. The molecule has 0 bridgehead atoms. The lowest BCUT2D eigenvalue weighted by Gasteiger charge is -2.14. The fraction of sp³-hybridized carbons (Fsp3) is 0.625. The van der Waals surface area contributed by atoms with Crippen molar-refractivity contribution in [2.24, 2.45) is 0 Å². The van der Waals surface area contributed by atoms with Gasteiger partial charge in [0.15, 0.2) is 11.5 Å². The second kappa shape index (κ2) is 10.3. The molecule has 0 aliphatic heterocycles. The second-order valence-corrected chi connectivity index (χ2v) is 4.66. The minimum atomic E-state index is 0.668. The number of rotatable bonds is 11. The summed E-state index contributed by atoms with van der Waals surface area (Å²) in [6.45, 7) is 5.21. The minimum absolute atomic E-state index is 0.668. The highest BCUT2D eigenvalue weighted by Gasteiger charge is 2.11. The minimum Gasteiger partial charge on any atom is -0.496 e. The first-order valence-corrected chi connectivity index (χ1v) is 7.34. The van der Waals surface area contributed by atoms with Crippen molar-refractivity contribution in [2.45, 2.75) is 26.3 Å². The van der Waals surface area contributed by atoms with Crippen LogP contribution in [0, 0.1) is 0 Å². The third kappa shape index (κ3) is 5.81. The quantitative estimate of drug-likeness (QED) is 0.636. The molecule has 1 N–H and O–H groups in total. The molecular formula is C16H27NO4. The van der Waals surface area contributed by atoms with Crippen LogP contribution in [0.15, 0.2) is 12.1 Å². The fourth-order valence-corrected chi connectivity index (χ4v) is 1.95. The van der Waals surface area contributed by atoms with Crippen molar-refractivity contribution < 1.29 is 18.9 Å². The number of benzene rings is 1. The Morgan fingerprint density at radius 1 is 0.905 bits per heavy atom. The number of hydrogen-bond acceptors (Lipinski definition) is 5. The summed E-state index contributed by atoms with van der Waals surface area (Å²) in [7, 11) is 4.89. The zero-order valence-corrected chi connectivity index (χ0v) is 13.5. The van der Waals surface area contributed by atoms with Crippen LogP contribution in [0.5, 0.6) is 17.2 Å². The van der Waals surface area contributed by atoms with Crippen molar-refractivity contribution in [3.05, 3.63) is 17.7 Å². The van der Waals surface area contributed by atoms with E-state index in [1.54, 1.807) is 21.3 Å². The third-order valence-corrected chi connectivity index (χ3v) is 3.17. The Morgan fingerprint density at radius 2 is 1.57 bits per heavy atom. The molecule has 1 rings (SSSR count). The number of hydrogen-bond donors (Lipinski definition) is 1. The third-order valence-electron chi connectivity index (χ3n) is 3.17. The van der Waals surface area contributed by atoms with Crippen LogP contribution >= 0.6 is 0 Å². The van der Waals surface area contributed by atoms with Gasteiger partial charge in [-0.15, -0.1) is 0 Å². The largest absolute Gasteiger partial charge is 0.496 e. The summed E-state index contributed by atoms with van der Waals surface area (Å²) in [6, 6.07) is 3.77. The molecule has 0 amide bonds. The SMILES string of the molecule is CCCCOCCNCc1cc(OC)c(OC)cc1OC. The summed E-state index contributed by atoms with van der Waals surface area (Å²) in [4.78, 5) is 0. The molecule has 0 atom stereocenters. The van der Waals surface area contributed by atoms with Crippen LogP contribution in [0.2, 0.25) is 0 Å². The Kier molecular flexibility index (Phi) is 8.62. The standard InChI is InChI=1S/C16H27NO4/c1-5-6-8-21-9-7-17-12-13-10-15(19-3)16(20-4)11-14(13)18-2/h10-11,17H,5-9,12H2,1-4H3. The molecule has 0 radical (unpaired) electrons. The molecule has 0 fully saturated rings. The smallest absolute Gasteiger partial charge is 0.164 e. The highest BCUT2D eigenvalue weighted by Crippen LogP contribution is 2.34. The molecule has 0 aromatic heterocycles. The zero-order chi connectivity index (χ0) is 15.5. The second-order valence-electron chi connectivity index (χ2n) is 4.66. The van der Waals surface area contributed by atoms with Gasteiger partial charge in [0.05, 0.1) is 27.9 Å². The molecule has 5 heteroatoms. The summed E-state index contributed by atoms with van der Waals surface area (Å²) in [5.74, 6) is 2.15. The molecule has 0 aliphatic carbocycles. The Bertz CT molecular complexity index is 410. The summed E-state index contributed by atoms with van der Waals surface area (Å²) >= 11 is 0. The predicted octanol–water partition coefficient (Wildman–Crippen LogP) is 2.62. The van der Waals surface area contributed by atoms with Crippen LogP contribution in [0.25, 0.3) is 0 Å². The molecule has 0 spiro atoms. The van der Waals surface area contributed by atoms with Crippen LogP contribution in [0.1, 0.15) is 25.3 Å². The van der Waals surface area contributed by atoms with E-state index in [0.29, 0.717) is 18.0 Å². The van der Waals surface area contributed by atoms with E-state index in [1.165, 1.54) is 0 Å². The van der Waals surface area contributed by atoms with E-state index in [4.69, 9.17) is 18.9 Å². The van der Waals surface area contributed by atoms with E-state index in [0.717, 1.165) is 43.9 Å². The molecule has 1 aromatic rings. The topological polar surface area (TPSA) is 49.0 Å². The van der Waals surface area contributed by atoms with Gasteiger partial charge < -0.3 is 24.3 Å². The first-order valence-electron chi connectivity index (χ1n) is 7.34. The molecule has 0 heterocycles. The Hall–Kier alpha value is -1.46. The van der Waals surface area contributed by atoms with E-state index in [-0.39, 0.29) is 0 Å². The number of unbranched alkanes of at least 4 members (excludes halogenated alkanes) is 1. The Balaban J connectivity index is 2.49. The van der Waals surface area contributed by atoms with Crippen LogP contribution in [-0.2, 0) is 11.3 Å². The van der Waals surface area contributed by atoms with Crippen molar-refractivity contribution >= 4 is 0 Å². The monoisotopic (exact) mass is 297 g/mol. The molecule has 0 saturated carbocycles. The molecule has 21 heavy (non-hydrogen) atoms. The first kappa shape index (κ1) is 17.6. The maximum absolute atomic E-state index is 5.51. The Labute approximate surface area is 127 Å². The molecule has 1 aromatic carbocycles. The average Bonchev–Trinajstić information content (AvgIpc) is 2.53. The van der Waals surface area contributed by atoms with E-state index in [2.05, 4.69) is 12.2 Å². The van der Waals surface area contributed by atoms with Gasteiger partial charge in [-0.25, -0.2) is 0 Å². The van der Waals surface area contributed by atoms with Crippen molar-refractivity contribution in [3.63, 3.8) is 0 Å². The van der Waals surface area contributed by atoms with Crippen molar-refractivity contribution in [3.8, 4) is 17.2 Å². The summed E-state index contributed by atoms with van der Waals surface area (Å²) in [5, 5.41) is 3.34. The number of ether oxygens (including phenoxy) is 4. The van der Waals surface area contributed by atoms with Crippen LogP contribution < -0.4 is 19.5 Å². The van der Waals surface area contributed by atoms with E-state index in [1.807, 2.05) is 12.1 Å². The maximum atomic E-state index is 5.51. The Morgan fingerprint density at radius 3 is 2.19 bits per heavy atom. The van der Waals surface area contributed by atoms with Gasteiger partial charge in [0.25, 0.3) is 0 Å². The van der Waals surface area contributed by atoms with Gasteiger partial charge in [0, 0.05) is 31.3 Å². The molecule has 120 valence electrons. The van der Waals surface area contributed by atoms with Crippen molar-refractivity contribution in [2.75, 3.05) is 41.1 Å². The lowest BCUT2D eigenvalue weighted by molar-refractivity contribution is 0.133. The number of methoxy groups -OCH3 is 3. The van der Waals surface area contributed by atoms with Crippen molar-refractivity contribution in [1.82, 2.24) is 5.32 Å². The van der Waals surface area contributed by atoms with Gasteiger partial charge in [-0.3, -0.25) is 0 Å². The highest BCUT2D eigenvalue weighted by molar-refractivity contribution is 5.50. The maximum Gasteiger partial charge on any atom is 0.164 e. The van der Waals surface area contributed by atoms with Crippen LogP contribution in [0.4, 0.5) is 0 Å². The first-order chi connectivity index (χ1) is 10.3. The van der Waals surface area contributed by atoms with E-state index in [9.17, 15) is 0 Å². The highest BCUT2D eigenvalue weighted by atomic mass is 16.5. The van der Waals surface area contributed by atoms with E-state index >= 15 is 0 Å². The molecule has 5 nitrogen and oxygen atoms in total. The molecule has 0 unspecified atom stereocenters. The van der Waals surface area contributed by atoms with Gasteiger partial charge >= 0.3 is 0 Å². The normalized spacial score (nSPS) is 10.5. The van der Waals surface area contributed by atoms with Gasteiger partial charge in [-0.05, 0) is 12.5 Å². The van der Waals surface area contributed by atoms with Crippen LogP contribution in [-0.4, -0.2) is 41.1 Å². The summed E-state index contributed by atoms with van der Waals surface area (Å²) in [5.41, 5.74) is 1.03. The van der Waals surface area contributed by atoms with Gasteiger partial charge in [0.2, 0.25) is 0 Å². The molecule has 0 saturated heterocycles. The lowest BCUT2D eigenvalue weighted by atomic mass is 10.1. The molecular weight excluding hydrogens is 270 g/mol. The summed E-state index contributed by atoms with van der Waals surface area (Å²) in [6.07, 6.45) is 2.28. The average molecular weight is 297 g/mol. The van der Waals surface area contributed by atoms with Crippen LogP contribution in [0.3, 0.4) is 0 Å². The predicted molar refractivity (Wildman–Crippen MR) is 83.5 cm³/mol. The molecule has 0 aliphatic rings. The van der Waals surface area contributed by atoms with E-state index < -0.39 is 0 Å². The lowest BCUT2D eigenvalue weighted by Crippen LogP contribution is -2.20. The van der Waals surface area contributed by atoms with Gasteiger partial charge in [0.1, 0.15) is 5.75 Å². The summed E-state index contributed by atoms with van der Waals surface area (Å²) < 4.78 is 21.5. The van der Waals surface area contributed by atoms with Gasteiger partial charge in [-0.1, -0.05) is 13.3 Å². The van der Waals surface area contributed by atoms with Gasteiger partial charge in [-0.2, -0.15) is 0 Å². The fourth-order valence-electron chi connectivity index (χ4n) is 1.95. The zero-order valence-electron chi connectivity index (χ0n) is 13.5. The van der Waals surface area contributed by atoms with Crippen molar-refractivity contribution in [1.29, 1.82) is 0 Å².